The van der Waals surface area contributed by atoms with Crippen LogP contribution in [0.25, 0.3) is 117 Å². The lowest BCUT2D eigenvalue weighted by atomic mass is 10.0. The number of hydrogen-bond donors (Lipinski definition) is 0. The van der Waals surface area contributed by atoms with Crippen LogP contribution in [0.3, 0.4) is 0 Å². The normalized spacial score (nSPS) is 11.9. The number of nitrogens with zero attached hydrogens (tertiary/aromatic N) is 4. The minimum absolute atomic E-state index is 0.586. The Labute approximate surface area is 325 Å². The summed E-state index contributed by atoms with van der Waals surface area (Å²) >= 11 is 0. The van der Waals surface area contributed by atoms with Gasteiger partial charge in [0.15, 0.2) is 17.5 Å². The monoisotopic (exact) mass is 730 g/mol. The molecule has 12 rings (SSSR count). The van der Waals surface area contributed by atoms with Gasteiger partial charge in [-0.2, -0.15) is 0 Å². The molecule has 0 bridgehead atoms. The van der Waals surface area contributed by atoms with Crippen molar-refractivity contribution in [3.8, 4) is 51.0 Å². The van der Waals surface area contributed by atoms with Crippen LogP contribution >= 0.6 is 0 Å². The van der Waals surface area contributed by atoms with Gasteiger partial charge in [-0.05, 0) is 59.7 Å². The maximum Gasteiger partial charge on any atom is 0.164 e. The molecule has 6 nitrogen and oxygen atoms in total. The lowest BCUT2D eigenvalue weighted by Crippen LogP contribution is -2.00. The van der Waals surface area contributed by atoms with Gasteiger partial charge in [-0.1, -0.05) is 127 Å². The van der Waals surface area contributed by atoms with Gasteiger partial charge in [-0.15, -0.1) is 0 Å². The van der Waals surface area contributed by atoms with Crippen LogP contribution in [0.2, 0.25) is 0 Å². The van der Waals surface area contributed by atoms with Crippen molar-refractivity contribution in [1.29, 1.82) is 0 Å². The van der Waals surface area contributed by atoms with E-state index in [2.05, 4.69) is 120 Å². The van der Waals surface area contributed by atoms with Gasteiger partial charge in [0.1, 0.15) is 22.3 Å². The predicted octanol–water partition coefficient (Wildman–Crippen LogP) is 13.4. The van der Waals surface area contributed by atoms with E-state index in [1.165, 1.54) is 0 Å². The molecule has 0 N–H and O–H groups in total. The van der Waals surface area contributed by atoms with Crippen molar-refractivity contribution >= 4 is 65.7 Å². The summed E-state index contributed by atoms with van der Waals surface area (Å²) in [5.74, 6) is 1.78. The van der Waals surface area contributed by atoms with E-state index in [9.17, 15) is 0 Å². The smallest absolute Gasteiger partial charge is 0.164 e. The Bertz CT molecular complexity index is 3530. The zero-order chi connectivity index (χ0) is 37.5. The fraction of sp³-hybridized carbons (Fsp3) is 0. The summed E-state index contributed by atoms with van der Waals surface area (Å²) in [5.41, 5.74) is 11.5. The molecule has 0 spiro atoms. The van der Waals surface area contributed by atoms with Crippen molar-refractivity contribution in [2.24, 2.45) is 0 Å². The highest BCUT2D eigenvalue weighted by Crippen LogP contribution is 2.39. The fourth-order valence-corrected chi connectivity index (χ4v) is 8.41. The third-order valence-corrected chi connectivity index (χ3v) is 11.1. The second-order valence-corrected chi connectivity index (χ2v) is 14.4. The molecular weight excluding hydrogens is 701 g/mol. The van der Waals surface area contributed by atoms with Gasteiger partial charge in [0, 0.05) is 60.8 Å². The minimum atomic E-state index is 0.586. The van der Waals surface area contributed by atoms with Crippen LogP contribution in [0.1, 0.15) is 0 Å². The SMILES string of the molecule is c1ccc(-c2ccc3c(c2)oc2cc(-n4c5ccccc5c5ccc(-c6nc(-c7ccccc7)nc(-c7cccc8oc9ccccc9c78)n6)cc54)ccc23)cc1. The van der Waals surface area contributed by atoms with Gasteiger partial charge in [0.25, 0.3) is 0 Å². The van der Waals surface area contributed by atoms with Gasteiger partial charge in [-0.3, -0.25) is 0 Å². The molecule has 12 aromatic rings. The first-order chi connectivity index (χ1) is 28.2. The van der Waals surface area contributed by atoms with Crippen molar-refractivity contribution in [3.63, 3.8) is 0 Å². The number of para-hydroxylation sites is 2. The topological polar surface area (TPSA) is 69.9 Å². The molecule has 0 saturated carbocycles. The lowest BCUT2D eigenvalue weighted by molar-refractivity contribution is 0.668. The predicted molar refractivity (Wildman–Crippen MR) is 230 cm³/mol. The Hall–Kier alpha value is -7.83. The van der Waals surface area contributed by atoms with E-state index in [4.69, 9.17) is 23.8 Å². The van der Waals surface area contributed by atoms with Crippen molar-refractivity contribution in [1.82, 2.24) is 19.5 Å². The third-order valence-electron chi connectivity index (χ3n) is 11.1. The zero-order valence-electron chi connectivity index (χ0n) is 30.4. The summed E-state index contributed by atoms with van der Waals surface area (Å²) in [7, 11) is 0. The largest absolute Gasteiger partial charge is 0.456 e. The van der Waals surface area contributed by atoms with Crippen molar-refractivity contribution < 1.29 is 8.83 Å². The summed E-state index contributed by atoms with van der Waals surface area (Å²) in [6.07, 6.45) is 0. The molecular formula is C51H30N4O2. The highest BCUT2D eigenvalue weighted by molar-refractivity contribution is 6.13. The van der Waals surface area contributed by atoms with Crippen LogP contribution in [0.5, 0.6) is 0 Å². The van der Waals surface area contributed by atoms with E-state index in [1.54, 1.807) is 0 Å². The third kappa shape index (κ3) is 5.01. The van der Waals surface area contributed by atoms with Crippen LogP contribution in [-0.4, -0.2) is 19.5 Å². The number of hydrogen-bond acceptors (Lipinski definition) is 5. The minimum Gasteiger partial charge on any atom is -0.456 e. The van der Waals surface area contributed by atoms with Crippen LogP contribution in [0, 0.1) is 0 Å². The molecule has 8 aromatic carbocycles. The molecule has 4 heterocycles. The van der Waals surface area contributed by atoms with Crippen LogP contribution < -0.4 is 0 Å². The van der Waals surface area contributed by atoms with Gasteiger partial charge in [-0.25, -0.2) is 15.0 Å². The molecule has 57 heavy (non-hydrogen) atoms. The van der Waals surface area contributed by atoms with E-state index in [-0.39, 0.29) is 0 Å². The molecule has 0 aliphatic heterocycles. The van der Waals surface area contributed by atoms with Gasteiger partial charge in [0.05, 0.1) is 11.0 Å². The molecule has 0 unspecified atom stereocenters. The Morgan fingerprint density at radius 1 is 0.333 bits per heavy atom. The van der Waals surface area contributed by atoms with E-state index >= 15 is 0 Å². The van der Waals surface area contributed by atoms with Crippen molar-refractivity contribution in [3.05, 3.63) is 182 Å². The zero-order valence-corrected chi connectivity index (χ0v) is 30.4. The number of aromatic nitrogens is 4. The second kappa shape index (κ2) is 12.3. The van der Waals surface area contributed by atoms with Crippen LogP contribution in [-0.2, 0) is 0 Å². The van der Waals surface area contributed by atoms with Crippen molar-refractivity contribution in [2.75, 3.05) is 0 Å². The second-order valence-electron chi connectivity index (χ2n) is 14.4. The Balaban J connectivity index is 1.05. The van der Waals surface area contributed by atoms with Gasteiger partial charge in [0.2, 0.25) is 0 Å². The summed E-state index contributed by atoms with van der Waals surface area (Å²) < 4.78 is 15.2. The van der Waals surface area contributed by atoms with E-state index < -0.39 is 0 Å². The molecule has 0 radical (unpaired) electrons. The summed E-state index contributed by atoms with van der Waals surface area (Å²) in [4.78, 5) is 15.4. The van der Waals surface area contributed by atoms with Crippen LogP contribution in [0.4, 0.5) is 0 Å². The number of furan rings is 2. The van der Waals surface area contributed by atoms with Gasteiger partial charge >= 0.3 is 0 Å². The Morgan fingerprint density at radius 3 is 1.77 bits per heavy atom. The number of benzene rings is 8. The number of rotatable bonds is 5. The average Bonchev–Trinajstić information content (AvgIpc) is 3.95. The average molecular weight is 731 g/mol. The van der Waals surface area contributed by atoms with Crippen molar-refractivity contribution in [2.45, 2.75) is 0 Å². The quantitative estimate of drug-likeness (QED) is 0.176. The molecule has 0 amide bonds. The summed E-state index contributed by atoms with van der Waals surface area (Å²) in [5, 5.41) is 6.49. The Kier molecular flexibility index (Phi) is 6.83. The van der Waals surface area contributed by atoms with E-state index in [0.29, 0.717) is 17.5 Å². The Morgan fingerprint density at radius 2 is 0.930 bits per heavy atom. The first kappa shape index (κ1) is 31.5. The highest BCUT2D eigenvalue weighted by Gasteiger charge is 2.20. The molecule has 0 saturated heterocycles. The number of fused-ring (bicyclic) bond motifs is 9. The maximum atomic E-state index is 6.59. The molecule has 0 fully saturated rings. The maximum absolute atomic E-state index is 6.59. The standard InChI is InChI=1S/C51H30N4O2/c1-3-12-31(13-4-1)33-22-26-38-39-27-24-35(30-47(39)57-46(38)29-33)55-42-19-9-7-16-36(42)37-25-23-34(28-43(37)55)50-52-49(32-14-5-2-6-15-32)53-51(54-50)41-18-11-21-45-48(41)40-17-8-10-20-44(40)56-45/h1-30H. The molecule has 0 aliphatic carbocycles. The fourth-order valence-electron chi connectivity index (χ4n) is 8.41. The van der Waals surface area contributed by atoms with Gasteiger partial charge < -0.3 is 13.4 Å². The van der Waals surface area contributed by atoms with E-state index in [1.807, 2.05) is 66.7 Å². The molecule has 4 aromatic heterocycles. The first-order valence-corrected chi connectivity index (χ1v) is 19.0. The molecule has 0 atom stereocenters. The summed E-state index contributed by atoms with van der Waals surface area (Å²) in [6.45, 7) is 0. The molecule has 6 heteroatoms. The van der Waals surface area contributed by atoms with Crippen LogP contribution in [0.15, 0.2) is 191 Å². The summed E-state index contributed by atoms with van der Waals surface area (Å²) in [6, 6.07) is 62.7. The molecule has 266 valence electrons. The lowest BCUT2D eigenvalue weighted by Gasteiger charge is -2.11. The highest BCUT2D eigenvalue weighted by atomic mass is 16.3. The van der Waals surface area contributed by atoms with E-state index in [0.717, 1.165) is 99.2 Å². The first-order valence-electron chi connectivity index (χ1n) is 19.0. The molecule has 0 aliphatic rings.